The van der Waals surface area contributed by atoms with Crippen LogP contribution in [0.5, 0.6) is 5.75 Å². The Kier molecular flexibility index (Phi) is 4.98. The average Bonchev–Trinajstić information content (AvgIpc) is 2.44. The zero-order chi connectivity index (χ0) is 14.4. The molecule has 0 fully saturated rings. The molecule has 1 aromatic carbocycles. The first-order valence-electron chi connectivity index (χ1n) is 7.05. The molecule has 5 heteroatoms. The van der Waals surface area contributed by atoms with E-state index in [-0.39, 0.29) is 18.4 Å². The SMILES string of the molecule is CCCCCCC(=O)Nc1ccc2c(c1)OCC(=O)N2. The number of carbonyl (C=O) groups is 2. The van der Waals surface area contributed by atoms with Crippen molar-refractivity contribution in [2.45, 2.75) is 39.0 Å². The second-order valence-electron chi connectivity index (χ2n) is 4.91. The summed E-state index contributed by atoms with van der Waals surface area (Å²) in [5, 5.41) is 5.56. The first-order valence-corrected chi connectivity index (χ1v) is 7.05. The number of benzene rings is 1. The molecule has 108 valence electrons. The van der Waals surface area contributed by atoms with Crippen LogP contribution in [-0.2, 0) is 9.59 Å². The highest BCUT2D eigenvalue weighted by molar-refractivity contribution is 5.97. The maximum Gasteiger partial charge on any atom is 0.262 e. The van der Waals surface area contributed by atoms with Gasteiger partial charge in [0.05, 0.1) is 5.69 Å². The van der Waals surface area contributed by atoms with Crippen LogP contribution in [0.3, 0.4) is 0 Å². The summed E-state index contributed by atoms with van der Waals surface area (Å²) in [5.41, 5.74) is 1.34. The molecule has 0 bridgehead atoms. The van der Waals surface area contributed by atoms with E-state index < -0.39 is 0 Å². The van der Waals surface area contributed by atoms with Gasteiger partial charge in [0.1, 0.15) is 5.75 Å². The maximum absolute atomic E-state index is 11.8. The van der Waals surface area contributed by atoms with Crippen LogP contribution in [0.2, 0.25) is 0 Å². The molecule has 1 heterocycles. The predicted molar refractivity (Wildman–Crippen MR) is 78.0 cm³/mol. The van der Waals surface area contributed by atoms with Gasteiger partial charge in [0.25, 0.3) is 5.91 Å². The monoisotopic (exact) mass is 276 g/mol. The predicted octanol–water partition coefficient (Wildman–Crippen LogP) is 2.93. The number of carbonyl (C=O) groups excluding carboxylic acids is 2. The summed E-state index contributed by atoms with van der Waals surface area (Å²) in [4.78, 5) is 22.9. The van der Waals surface area contributed by atoms with Crippen molar-refractivity contribution in [3.8, 4) is 5.75 Å². The Morgan fingerprint density at radius 2 is 2.20 bits per heavy atom. The lowest BCUT2D eigenvalue weighted by molar-refractivity contribution is -0.118. The zero-order valence-electron chi connectivity index (χ0n) is 11.7. The highest BCUT2D eigenvalue weighted by Gasteiger charge is 2.16. The van der Waals surface area contributed by atoms with Gasteiger partial charge in [-0.3, -0.25) is 9.59 Å². The van der Waals surface area contributed by atoms with Gasteiger partial charge in [-0.15, -0.1) is 0 Å². The Morgan fingerprint density at radius 3 is 3.00 bits per heavy atom. The average molecular weight is 276 g/mol. The van der Waals surface area contributed by atoms with E-state index in [1.54, 1.807) is 18.2 Å². The van der Waals surface area contributed by atoms with Crippen molar-refractivity contribution in [3.63, 3.8) is 0 Å². The summed E-state index contributed by atoms with van der Waals surface area (Å²) in [5.74, 6) is 0.444. The number of ether oxygens (including phenoxy) is 1. The van der Waals surface area contributed by atoms with Crippen LogP contribution < -0.4 is 15.4 Å². The summed E-state index contributed by atoms with van der Waals surface area (Å²) < 4.78 is 5.31. The van der Waals surface area contributed by atoms with Crippen LogP contribution in [0.4, 0.5) is 11.4 Å². The van der Waals surface area contributed by atoms with Gasteiger partial charge >= 0.3 is 0 Å². The molecule has 0 saturated heterocycles. The fraction of sp³-hybridized carbons (Fsp3) is 0.467. The molecular weight excluding hydrogens is 256 g/mol. The minimum Gasteiger partial charge on any atom is -0.482 e. The van der Waals surface area contributed by atoms with Crippen molar-refractivity contribution in [2.24, 2.45) is 0 Å². The minimum absolute atomic E-state index is 0.0147. The van der Waals surface area contributed by atoms with Crippen LogP contribution in [-0.4, -0.2) is 18.4 Å². The molecule has 1 aromatic rings. The van der Waals surface area contributed by atoms with Gasteiger partial charge in [-0.05, 0) is 18.6 Å². The van der Waals surface area contributed by atoms with E-state index in [0.717, 1.165) is 19.3 Å². The van der Waals surface area contributed by atoms with Gasteiger partial charge in [-0.25, -0.2) is 0 Å². The number of unbranched alkanes of at least 4 members (excludes halogenated alkanes) is 3. The van der Waals surface area contributed by atoms with Crippen LogP contribution in [0.15, 0.2) is 18.2 Å². The second kappa shape index (κ2) is 6.93. The molecule has 0 aromatic heterocycles. The molecule has 2 amide bonds. The topological polar surface area (TPSA) is 67.4 Å². The smallest absolute Gasteiger partial charge is 0.262 e. The lowest BCUT2D eigenvalue weighted by Crippen LogP contribution is -2.25. The highest BCUT2D eigenvalue weighted by Crippen LogP contribution is 2.30. The van der Waals surface area contributed by atoms with Crippen molar-refractivity contribution >= 4 is 23.2 Å². The maximum atomic E-state index is 11.8. The first kappa shape index (κ1) is 14.4. The molecule has 1 aliphatic heterocycles. The van der Waals surface area contributed by atoms with E-state index in [9.17, 15) is 9.59 Å². The van der Waals surface area contributed by atoms with E-state index in [1.807, 2.05) is 0 Å². The van der Waals surface area contributed by atoms with Crippen LogP contribution >= 0.6 is 0 Å². The summed E-state index contributed by atoms with van der Waals surface area (Å²) in [6.45, 7) is 2.16. The molecule has 0 saturated carbocycles. The number of anilines is 2. The third-order valence-electron chi connectivity index (χ3n) is 3.16. The first-order chi connectivity index (χ1) is 9.69. The van der Waals surface area contributed by atoms with Crippen LogP contribution in [0, 0.1) is 0 Å². The van der Waals surface area contributed by atoms with E-state index in [0.29, 0.717) is 23.5 Å². The number of amides is 2. The molecule has 5 nitrogen and oxygen atoms in total. The van der Waals surface area contributed by atoms with Crippen molar-refractivity contribution in [3.05, 3.63) is 18.2 Å². The molecular formula is C15H20N2O3. The van der Waals surface area contributed by atoms with Gasteiger partial charge in [-0.1, -0.05) is 26.2 Å². The van der Waals surface area contributed by atoms with Gasteiger partial charge in [-0.2, -0.15) is 0 Å². The number of fused-ring (bicyclic) bond motifs is 1. The normalized spacial score (nSPS) is 13.2. The van der Waals surface area contributed by atoms with E-state index in [2.05, 4.69) is 17.6 Å². The molecule has 0 atom stereocenters. The molecule has 0 aliphatic carbocycles. The molecule has 2 rings (SSSR count). The Hall–Kier alpha value is -2.04. The molecule has 20 heavy (non-hydrogen) atoms. The van der Waals surface area contributed by atoms with Crippen molar-refractivity contribution in [1.29, 1.82) is 0 Å². The Morgan fingerprint density at radius 1 is 1.35 bits per heavy atom. The van der Waals surface area contributed by atoms with Gasteiger partial charge < -0.3 is 15.4 Å². The lowest BCUT2D eigenvalue weighted by atomic mass is 10.1. The van der Waals surface area contributed by atoms with E-state index in [1.165, 1.54) is 6.42 Å². The number of rotatable bonds is 6. The molecule has 0 spiro atoms. The third-order valence-corrected chi connectivity index (χ3v) is 3.16. The van der Waals surface area contributed by atoms with Gasteiger partial charge in [0.2, 0.25) is 5.91 Å². The summed E-state index contributed by atoms with van der Waals surface area (Å²) in [7, 11) is 0. The number of nitrogens with one attached hydrogen (secondary N) is 2. The molecule has 0 radical (unpaired) electrons. The minimum atomic E-state index is -0.162. The van der Waals surface area contributed by atoms with E-state index in [4.69, 9.17) is 4.74 Å². The standard InChI is InChI=1S/C15H20N2O3/c1-2-3-4-5-6-14(18)16-11-7-8-12-13(9-11)20-10-15(19)17-12/h7-9H,2-6,10H2,1H3,(H,16,18)(H,17,19). The number of hydrogen-bond acceptors (Lipinski definition) is 3. The van der Waals surface area contributed by atoms with Crippen LogP contribution in [0.25, 0.3) is 0 Å². The van der Waals surface area contributed by atoms with Gasteiger partial charge in [0.15, 0.2) is 6.61 Å². The molecule has 2 N–H and O–H groups in total. The van der Waals surface area contributed by atoms with E-state index >= 15 is 0 Å². The Balaban J connectivity index is 1.87. The Bertz CT molecular complexity index is 500. The number of hydrogen-bond donors (Lipinski definition) is 2. The lowest BCUT2D eigenvalue weighted by Gasteiger charge is -2.18. The summed E-state index contributed by atoms with van der Waals surface area (Å²) in [6.07, 6.45) is 4.87. The van der Waals surface area contributed by atoms with Gasteiger partial charge in [0, 0.05) is 18.2 Å². The highest BCUT2D eigenvalue weighted by atomic mass is 16.5. The fourth-order valence-corrected chi connectivity index (χ4v) is 2.09. The second-order valence-corrected chi connectivity index (χ2v) is 4.91. The molecule has 1 aliphatic rings. The third kappa shape index (κ3) is 3.98. The summed E-state index contributed by atoms with van der Waals surface area (Å²) in [6, 6.07) is 5.23. The quantitative estimate of drug-likeness (QED) is 0.785. The van der Waals surface area contributed by atoms with Crippen molar-refractivity contribution < 1.29 is 14.3 Å². The van der Waals surface area contributed by atoms with Crippen molar-refractivity contribution in [2.75, 3.05) is 17.2 Å². The van der Waals surface area contributed by atoms with Crippen molar-refractivity contribution in [1.82, 2.24) is 0 Å². The fourth-order valence-electron chi connectivity index (χ4n) is 2.09. The zero-order valence-corrected chi connectivity index (χ0v) is 11.7. The van der Waals surface area contributed by atoms with Crippen LogP contribution in [0.1, 0.15) is 39.0 Å². The largest absolute Gasteiger partial charge is 0.482 e. The molecule has 0 unspecified atom stereocenters. The summed E-state index contributed by atoms with van der Waals surface area (Å²) >= 11 is 0. The Labute approximate surface area is 118 Å².